The van der Waals surface area contributed by atoms with Gasteiger partial charge in [0.2, 0.25) is 0 Å². The van der Waals surface area contributed by atoms with Gasteiger partial charge in [0.25, 0.3) is 0 Å². The van der Waals surface area contributed by atoms with E-state index in [1.165, 1.54) is 12.3 Å². The molecular formula is C26H27N5O4S. The standard InChI is InChI=1S/C26H27N5O4S/c1-3-23(32)21-9-7-13-31(21)22-14-19-20(30-26(29-19)18-8-5-6-12-27-18)15-24(22)35-17-10-11-25(28-16-17)36(33,34)4-2/h5-6,8,10-12,14-16,21H,3-4,7,9,13H2,1-2H3,(H,29,30)/t21-/m1/s1. The molecule has 0 radical (unpaired) electrons. The van der Waals surface area contributed by atoms with E-state index in [4.69, 9.17) is 9.72 Å². The number of rotatable bonds is 8. The maximum Gasteiger partial charge on any atom is 0.195 e. The molecule has 1 saturated heterocycles. The average molecular weight is 506 g/mol. The smallest absolute Gasteiger partial charge is 0.195 e. The Hall–Kier alpha value is -3.79. The molecule has 4 heterocycles. The Morgan fingerprint density at radius 3 is 2.72 bits per heavy atom. The Morgan fingerprint density at radius 1 is 1.17 bits per heavy atom. The molecule has 10 heteroatoms. The van der Waals surface area contributed by atoms with Crippen LogP contribution in [0.3, 0.4) is 0 Å². The van der Waals surface area contributed by atoms with Gasteiger partial charge in [-0.2, -0.15) is 0 Å². The summed E-state index contributed by atoms with van der Waals surface area (Å²) in [5.41, 5.74) is 2.98. The van der Waals surface area contributed by atoms with Crippen LogP contribution in [-0.4, -0.2) is 52.5 Å². The minimum Gasteiger partial charge on any atom is -0.453 e. The number of aromatic amines is 1. The molecule has 0 bridgehead atoms. The zero-order chi connectivity index (χ0) is 25.3. The first-order chi connectivity index (χ1) is 17.4. The molecule has 36 heavy (non-hydrogen) atoms. The van der Waals surface area contributed by atoms with Crippen molar-refractivity contribution in [2.24, 2.45) is 0 Å². The average Bonchev–Trinajstić information content (AvgIpc) is 3.56. The van der Waals surface area contributed by atoms with Crippen LogP contribution >= 0.6 is 0 Å². The monoisotopic (exact) mass is 505 g/mol. The van der Waals surface area contributed by atoms with Gasteiger partial charge in [-0.15, -0.1) is 0 Å². The Kier molecular flexibility index (Phi) is 6.44. The van der Waals surface area contributed by atoms with Gasteiger partial charge in [0.15, 0.2) is 32.2 Å². The summed E-state index contributed by atoms with van der Waals surface area (Å²) in [7, 11) is -3.41. The third-order valence-electron chi connectivity index (χ3n) is 6.39. The summed E-state index contributed by atoms with van der Waals surface area (Å²) in [4.78, 5) is 31.3. The molecule has 1 aromatic carbocycles. The number of benzene rings is 1. The highest BCUT2D eigenvalue weighted by molar-refractivity contribution is 7.91. The molecule has 1 aliphatic rings. The van der Waals surface area contributed by atoms with Gasteiger partial charge in [0, 0.05) is 25.2 Å². The number of Topliss-reactive ketones (excluding diaryl/α,β-unsaturated/α-hetero) is 1. The molecule has 186 valence electrons. The van der Waals surface area contributed by atoms with Crippen LogP contribution in [0.1, 0.15) is 33.1 Å². The molecule has 0 amide bonds. The highest BCUT2D eigenvalue weighted by Gasteiger charge is 2.32. The van der Waals surface area contributed by atoms with Crippen LogP contribution in [0.25, 0.3) is 22.6 Å². The lowest BCUT2D eigenvalue weighted by molar-refractivity contribution is -0.119. The molecular weight excluding hydrogens is 478 g/mol. The number of ketones is 1. The number of nitrogens with one attached hydrogen (secondary N) is 1. The van der Waals surface area contributed by atoms with E-state index in [1.54, 1.807) is 19.2 Å². The Morgan fingerprint density at radius 2 is 2.03 bits per heavy atom. The Labute approximate surface area is 209 Å². The number of hydrogen-bond acceptors (Lipinski definition) is 8. The SMILES string of the molecule is CCC(=O)[C@H]1CCCN1c1cc2[nH]c(-c3ccccn3)nc2cc1Oc1ccc(S(=O)(=O)CC)nc1. The van der Waals surface area contributed by atoms with Gasteiger partial charge in [-0.1, -0.05) is 19.9 Å². The Bertz CT molecular complexity index is 1500. The number of ether oxygens (including phenoxy) is 1. The predicted octanol–water partition coefficient (Wildman–Crippen LogP) is 4.55. The van der Waals surface area contributed by atoms with Gasteiger partial charge >= 0.3 is 0 Å². The fraction of sp³-hybridized carbons (Fsp3) is 0.308. The first-order valence-corrected chi connectivity index (χ1v) is 13.7. The van der Waals surface area contributed by atoms with Crippen LogP contribution < -0.4 is 9.64 Å². The van der Waals surface area contributed by atoms with Crippen LogP contribution in [0.4, 0.5) is 5.69 Å². The van der Waals surface area contributed by atoms with Crippen LogP contribution in [0, 0.1) is 0 Å². The van der Waals surface area contributed by atoms with Gasteiger partial charge < -0.3 is 14.6 Å². The van der Waals surface area contributed by atoms with Crippen molar-refractivity contribution in [1.82, 2.24) is 19.9 Å². The lowest BCUT2D eigenvalue weighted by Gasteiger charge is -2.27. The number of imidazole rings is 1. The number of nitrogens with zero attached hydrogens (tertiary/aromatic N) is 4. The van der Waals surface area contributed by atoms with Crippen molar-refractivity contribution in [3.8, 4) is 23.0 Å². The molecule has 1 aliphatic heterocycles. The molecule has 0 saturated carbocycles. The van der Waals surface area contributed by atoms with Gasteiger partial charge in [-0.25, -0.2) is 18.4 Å². The second kappa shape index (κ2) is 9.69. The number of aromatic nitrogens is 4. The van der Waals surface area contributed by atoms with Gasteiger partial charge in [0.05, 0.1) is 34.7 Å². The quantitative estimate of drug-likeness (QED) is 0.370. The summed E-state index contributed by atoms with van der Waals surface area (Å²) in [5.74, 6) is 1.70. The van der Waals surface area contributed by atoms with Crippen LogP contribution in [-0.2, 0) is 14.6 Å². The Balaban J connectivity index is 1.58. The molecule has 1 atom stereocenters. The third kappa shape index (κ3) is 4.56. The van der Waals surface area contributed by atoms with Crippen LogP contribution in [0.2, 0.25) is 0 Å². The lowest BCUT2D eigenvalue weighted by Crippen LogP contribution is -2.35. The largest absolute Gasteiger partial charge is 0.453 e. The molecule has 1 N–H and O–H groups in total. The summed E-state index contributed by atoms with van der Waals surface area (Å²) in [6.07, 6.45) is 5.27. The summed E-state index contributed by atoms with van der Waals surface area (Å²) in [5, 5.41) is 0.00785. The van der Waals surface area contributed by atoms with Gasteiger partial charge in [-0.05, 0) is 43.2 Å². The van der Waals surface area contributed by atoms with Crippen molar-refractivity contribution in [1.29, 1.82) is 0 Å². The summed E-state index contributed by atoms with van der Waals surface area (Å²) >= 11 is 0. The molecule has 4 aromatic rings. The van der Waals surface area contributed by atoms with Crippen molar-refractivity contribution in [2.75, 3.05) is 17.2 Å². The molecule has 0 spiro atoms. The zero-order valence-corrected chi connectivity index (χ0v) is 21.0. The minimum atomic E-state index is -3.41. The van der Waals surface area contributed by atoms with Crippen LogP contribution in [0.5, 0.6) is 11.5 Å². The van der Waals surface area contributed by atoms with E-state index >= 15 is 0 Å². The number of anilines is 1. The predicted molar refractivity (Wildman–Crippen MR) is 137 cm³/mol. The van der Waals surface area contributed by atoms with Crippen molar-refractivity contribution >= 4 is 32.3 Å². The van der Waals surface area contributed by atoms with Crippen LogP contribution in [0.15, 0.2) is 59.9 Å². The summed E-state index contributed by atoms with van der Waals surface area (Å²) in [6, 6.07) is 12.2. The van der Waals surface area contributed by atoms with E-state index in [2.05, 4.69) is 19.9 Å². The first-order valence-electron chi connectivity index (χ1n) is 12.0. The summed E-state index contributed by atoms with van der Waals surface area (Å²) < 4.78 is 30.5. The van der Waals surface area contributed by atoms with E-state index in [9.17, 15) is 13.2 Å². The highest BCUT2D eigenvalue weighted by atomic mass is 32.2. The number of sulfone groups is 1. The van der Waals surface area contributed by atoms with Gasteiger partial charge in [-0.3, -0.25) is 9.78 Å². The number of carbonyl (C=O) groups excluding carboxylic acids is 1. The van der Waals surface area contributed by atoms with Crippen molar-refractivity contribution in [2.45, 2.75) is 44.2 Å². The third-order valence-corrected chi connectivity index (χ3v) is 8.03. The van der Waals surface area contributed by atoms with Crippen molar-refractivity contribution in [3.05, 3.63) is 54.9 Å². The molecule has 1 fully saturated rings. The van der Waals surface area contributed by atoms with Crippen molar-refractivity contribution in [3.63, 3.8) is 0 Å². The highest BCUT2D eigenvalue weighted by Crippen LogP contribution is 2.40. The van der Waals surface area contributed by atoms with E-state index in [-0.39, 0.29) is 22.6 Å². The van der Waals surface area contributed by atoms with Gasteiger partial charge in [0.1, 0.15) is 11.4 Å². The fourth-order valence-corrected chi connectivity index (χ4v) is 5.25. The number of fused-ring (bicyclic) bond motifs is 1. The lowest BCUT2D eigenvalue weighted by atomic mass is 10.1. The topological polar surface area (TPSA) is 118 Å². The summed E-state index contributed by atoms with van der Waals surface area (Å²) in [6.45, 7) is 4.19. The van der Waals surface area contributed by atoms with E-state index < -0.39 is 9.84 Å². The number of carbonyl (C=O) groups is 1. The molecule has 5 rings (SSSR count). The maximum absolute atomic E-state index is 12.7. The normalized spacial score (nSPS) is 15.9. The number of hydrogen-bond donors (Lipinski definition) is 1. The zero-order valence-electron chi connectivity index (χ0n) is 20.1. The second-order valence-corrected chi connectivity index (χ2v) is 10.9. The molecule has 9 nitrogen and oxygen atoms in total. The van der Waals surface area contributed by atoms with E-state index in [0.717, 1.165) is 36.3 Å². The fourth-order valence-electron chi connectivity index (χ4n) is 4.47. The molecule has 3 aromatic heterocycles. The number of pyridine rings is 2. The molecule has 0 aliphatic carbocycles. The number of H-pyrrole nitrogens is 1. The van der Waals surface area contributed by atoms with Crippen molar-refractivity contribution < 1.29 is 17.9 Å². The first kappa shape index (κ1) is 23.9. The second-order valence-electron chi connectivity index (χ2n) is 8.65. The minimum absolute atomic E-state index is 0.00785. The maximum atomic E-state index is 12.7. The molecule has 0 unspecified atom stereocenters. The van der Waals surface area contributed by atoms with E-state index in [0.29, 0.717) is 29.3 Å². The van der Waals surface area contributed by atoms with E-state index in [1.807, 2.05) is 37.3 Å².